The van der Waals surface area contributed by atoms with Crippen molar-refractivity contribution in [2.75, 3.05) is 206 Å². The molecule has 0 amide bonds. The Hall–Kier alpha value is -0.900. The molecule has 0 aromatic rings. The van der Waals surface area contributed by atoms with Crippen molar-refractivity contribution in [3.05, 3.63) is 12.7 Å². The molecule has 306 valence electrons. The highest BCUT2D eigenvalue weighted by Crippen LogP contribution is 2.02. The lowest BCUT2D eigenvalue weighted by atomic mass is 10.2. The molecule has 51 heavy (non-hydrogen) atoms. The van der Waals surface area contributed by atoms with Gasteiger partial charge in [0.05, 0.1) is 185 Å². The van der Waals surface area contributed by atoms with Crippen LogP contribution >= 0.6 is 0 Å². The van der Waals surface area contributed by atoms with Crippen molar-refractivity contribution in [2.24, 2.45) is 5.92 Å². The largest absolute Gasteiger partial charge is 0.382 e. The molecule has 0 heterocycles. The highest BCUT2D eigenvalue weighted by atomic mass is 16.6. The molecule has 0 rings (SSSR count). The van der Waals surface area contributed by atoms with Gasteiger partial charge in [-0.1, -0.05) is 6.08 Å². The molecule has 0 saturated heterocycles. The third kappa shape index (κ3) is 41.7. The van der Waals surface area contributed by atoms with Crippen LogP contribution in [0, 0.1) is 5.92 Å². The van der Waals surface area contributed by atoms with Gasteiger partial charge in [0.25, 0.3) is 0 Å². The summed E-state index contributed by atoms with van der Waals surface area (Å²) in [5.41, 5.74) is 0. The summed E-state index contributed by atoms with van der Waals surface area (Å²) in [5, 5.41) is 0. The normalized spacial score (nSPS) is 12.3. The van der Waals surface area contributed by atoms with Crippen molar-refractivity contribution in [3.8, 4) is 0 Å². The standard InChI is InChI=1S/C35H70O16/c1-5-6-46-32-35(51-28-9-38-4)33-50-27-23-45-22-26-49-31-34(29-47-24-20-43-18-16-41-14-12-39-10-7-36-2)30-48-25-21-44-19-17-42-15-13-40-11-8-37-3/h5,34-35H,1,6-33H2,2-4H3. The molecule has 0 radical (unpaired) electrons. The van der Waals surface area contributed by atoms with E-state index in [1.807, 2.05) is 0 Å². The van der Waals surface area contributed by atoms with Crippen molar-refractivity contribution in [2.45, 2.75) is 6.10 Å². The fourth-order valence-corrected chi connectivity index (χ4v) is 3.78. The van der Waals surface area contributed by atoms with E-state index in [0.717, 1.165) is 0 Å². The van der Waals surface area contributed by atoms with Gasteiger partial charge < -0.3 is 75.8 Å². The second-order valence-corrected chi connectivity index (χ2v) is 10.7. The molecule has 0 spiro atoms. The topological polar surface area (TPSA) is 148 Å². The van der Waals surface area contributed by atoms with E-state index in [-0.39, 0.29) is 12.0 Å². The summed E-state index contributed by atoms with van der Waals surface area (Å²) < 4.78 is 87.9. The van der Waals surface area contributed by atoms with Crippen molar-refractivity contribution in [1.29, 1.82) is 0 Å². The van der Waals surface area contributed by atoms with E-state index in [9.17, 15) is 0 Å². The molecular formula is C35H70O16. The molecule has 1 unspecified atom stereocenters. The average molecular weight is 747 g/mol. The Balaban J connectivity index is 4.13. The first-order valence-corrected chi connectivity index (χ1v) is 17.9. The van der Waals surface area contributed by atoms with E-state index in [0.29, 0.717) is 185 Å². The monoisotopic (exact) mass is 746 g/mol. The second-order valence-electron chi connectivity index (χ2n) is 10.7. The second kappa shape index (κ2) is 45.3. The van der Waals surface area contributed by atoms with Crippen LogP contribution < -0.4 is 0 Å². The van der Waals surface area contributed by atoms with Gasteiger partial charge in [-0.05, 0) is 0 Å². The predicted molar refractivity (Wildman–Crippen MR) is 189 cm³/mol. The van der Waals surface area contributed by atoms with Crippen LogP contribution in [0.4, 0.5) is 0 Å². The van der Waals surface area contributed by atoms with E-state index in [4.69, 9.17) is 75.8 Å². The summed E-state index contributed by atoms with van der Waals surface area (Å²) in [5.74, 6) is 0.0366. The Labute approximate surface area is 306 Å². The molecule has 0 aliphatic rings. The van der Waals surface area contributed by atoms with Crippen molar-refractivity contribution < 1.29 is 75.8 Å². The lowest BCUT2D eigenvalue weighted by molar-refractivity contribution is -0.0753. The average Bonchev–Trinajstić information content (AvgIpc) is 3.14. The zero-order chi connectivity index (χ0) is 37.0. The van der Waals surface area contributed by atoms with E-state index >= 15 is 0 Å². The number of rotatable bonds is 46. The summed E-state index contributed by atoms with van der Waals surface area (Å²) in [6.07, 6.45) is 1.51. The minimum Gasteiger partial charge on any atom is -0.382 e. The van der Waals surface area contributed by atoms with Gasteiger partial charge in [0.2, 0.25) is 0 Å². The van der Waals surface area contributed by atoms with Crippen LogP contribution in [0.3, 0.4) is 0 Å². The number of methoxy groups -OCH3 is 3. The number of ether oxygens (including phenoxy) is 16. The molecule has 16 nitrogen and oxygen atoms in total. The lowest BCUT2D eigenvalue weighted by Crippen LogP contribution is -2.28. The smallest absolute Gasteiger partial charge is 0.104 e. The summed E-state index contributed by atoms with van der Waals surface area (Å²) in [7, 11) is 4.92. The van der Waals surface area contributed by atoms with E-state index in [1.165, 1.54) is 0 Å². The summed E-state index contributed by atoms with van der Waals surface area (Å²) in [6, 6.07) is 0. The number of hydrogen-bond acceptors (Lipinski definition) is 16. The van der Waals surface area contributed by atoms with Crippen LogP contribution in [0.5, 0.6) is 0 Å². The van der Waals surface area contributed by atoms with Gasteiger partial charge in [-0.25, -0.2) is 0 Å². The highest BCUT2D eigenvalue weighted by molar-refractivity contribution is 4.65. The van der Waals surface area contributed by atoms with Crippen LogP contribution in [-0.2, 0) is 75.8 Å². The van der Waals surface area contributed by atoms with Crippen molar-refractivity contribution in [1.82, 2.24) is 0 Å². The molecule has 1 atom stereocenters. The third-order valence-corrected chi connectivity index (χ3v) is 6.38. The van der Waals surface area contributed by atoms with Gasteiger partial charge >= 0.3 is 0 Å². The van der Waals surface area contributed by atoms with E-state index < -0.39 is 0 Å². The van der Waals surface area contributed by atoms with Crippen LogP contribution in [-0.4, -0.2) is 212 Å². The quantitative estimate of drug-likeness (QED) is 0.0651. The zero-order valence-electron chi connectivity index (χ0n) is 31.8. The van der Waals surface area contributed by atoms with Gasteiger partial charge in [-0.2, -0.15) is 0 Å². The van der Waals surface area contributed by atoms with Crippen LogP contribution in [0.1, 0.15) is 0 Å². The summed E-state index contributed by atoms with van der Waals surface area (Å²) in [6.45, 7) is 17.3. The maximum Gasteiger partial charge on any atom is 0.104 e. The molecule has 0 fully saturated rings. The maximum atomic E-state index is 5.87. The van der Waals surface area contributed by atoms with Crippen LogP contribution in [0.15, 0.2) is 12.7 Å². The molecule has 0 aliphatic carbocycles. The van der Waals surface area contributed by atoms with Gasteiger partial charge in [0, 0.05) is 27.2 Å². The van der Waals surface area contributed by atoms with Crippen LogP contribution in [0.25, 0.3) is 0 Å². The molecule has 0 bridgehead atoms. The lowest BCUT2D eigenvalue weighted by Gasteiger charge is -2.18. The minimum absolute atomic E-state index is 0.0366. The molecule has 0 saturated carbocycles. The molecular weight excluding hydrogens is 676 g/mol. The SMILES string of the molecule is C=CCOCC(COCCOCCOCC(COCCOCCOCCOCCOC)COCCOCCOCCOCCOC)OCCOC. The molecule has 0 N–H and O–H groups in total. The van der Waals surface area contributed by atoms with E-state index in [1.54, 1.807) is 27.4 Å². The Bertz CT molecular complexity index is 621. The minimum atomic E-state index is -0.185. The van der Waals surface area contributed by atoms with Crippen molar-refractivity contribution in [3.63, 3.8) is 0 Å². The van der Waals surface area contributed by atoms with Gasteiger partial charge in [0.15, 0.2) is 0 Å². The summed E-state index contributed by atoms with van der Waals surface area (Å²) in [4.78, 5) is 0. The van der Waals surface area contributed by atoms with Crippen molar-refractivity contribution >= 4 is 0 Å². The fraction of sp³-hybridized carbons (Fsp3) is 0.943. The highest BCUT2D eigenvalue weighted by Gasteiger charge is 2.12. The zero-order valence-corrected chi connectivity index (χ0v) is 31.8. The molecule has 16 heteroatoms. The Kier molecular flexibility index (Phi) is 44.5. The van der Waals surface area contributed by atoms with Gasteiger partial charge in [0.1, 0.15) is 6.10 Å². The maximum absolute atomic E-state index is 5.87. The van der Waals surface area contributed by atoms with Gasteiger partial charge in [-0.15, -0.1) is 6.58 Å². The van der Waals surface area contributed by atoms with E-state index in [2.05, 4.69) is 6.58 Å². The Morgan fingerprint density at radius 2 is 0.608 bits per heavy atom. The Morgan fingerprint density at radius 3 is 0.941 bits per heavy atom. The third-order valence-electron chi connectivity index (χ3n) is 6.38. The summed E-state index contributed by atoms with van der Waals surface area (Å²) >= 11 is 0. The fourth-order valence-electron chi connectivity index (χ4n) is 3.78. The first-order valence-electron chi connectivity index (χ1n) is 17.9. The Morgan fingerprint density at radius 1 is 0.333 bits per heavy atom. The van der Waals surface area contributed by atoms with Gasteiger partial charge in [-0.3, -0.25) is 0 Å². The first-order chi connectivity index (χ1) is 25.3. The number of hydrogen-bond donors (Lipinski definition) is 0. The van der Waals surface area contributed by atoms with Crippen LogP contribution in [0.2, 0.25) is 0 Å². The molecule has 0 aliphatic heterocycles. The molecule has 0 aromatic carbocycles. The first kappa shape index (κ1) is 50.1. The molecule has 0 aromatic heterocycles. The predicted octanol–water partition coefficient (Wildman–Crippen LogP) is 1.31.